The Morgan fingerprint density at radius 2 is 1.88 bits per heavy atom. The van der Waals surface area contributed by atoms with Crippen molar-refractivity contribution in [2.45, 2.75) is 37.8 Å². The van der Waals surface area contributed by atoms with Crippen LogP contribution in [0.1, 0.15) is 36.2 Å². The number of aromatic nitrogens is 3. The van der Waals surface area contributed by atoms with Crippen molar-refractivity contribution in [1.29, 1.82) is 0 Å². The summed E-state index contributed by atoms with van der Waals surface area (Å²) in [5, 5.41) is 14.7. The standard InChI is InChI=1S/C16H20ClN7O/c17-9-5-7-10(8-6-9)20-15-13(14(19)25)23-24-16(22-15)21-12-4-2-1-3-11(12)18/h5-8,11-12H,1-4,18H2,(H2,19,25)(H2,20,21,22,24)/t11-,12+/m0/s1. The highest BCUT2D eigenvalue weighted by Crippen LogP contribution is 2.22. The zero-order chi connectivity index (χ0) is 17.8. The molecule has 1 aromatic heterocycles. The van der Waals surface area contributed by atoms with Crippen LogP contribution in [0.25, 0.3) is 0 Å². The molecule has 1 aliphatic rings. The minimum absolute atomic E-state index is 0.0338. The molecule has 1 saturated carbocycles. The van der Waals surface area contributed by atoms with Crippen LogP contribution in [0.4, 0.5) is 17.5 Å². The van der Waals surface area contributed by atoms with E-state index in [1.807, 2.05) is 0 Å². The summed E-state index contributed by atoms with van der Waals surface area (Å²) in [5.41, 5.74) is 12.2. The molecule has 1 aromatic carbocycles. The van der Waals surface area contributed by atoms with E-state index in [0.29, 0.717) is 16.7 Å². The van der Waals surface area contributed by atoms with Crippen molar-refractivity contribution < 1.29 is 4.79 Å². The van der Waals surface area contributed by atoms with Crippen LogP contribution < -0.4 is 22.1 Å². The first-order chi connectivity index (χ1) is 12.0. The van der Waals surface area contributed by atoms with Gasteiger partial charge in [0.1, 0.15) is 0 Å². The van der Waals surface area contributed by atoms with Crippen molar-refractivity contribution >= 4 is 35.0 Å². The molecule has 0 unspecified atom stereocenters. The molecule has 1 fully saturated rings. The minimum atomic E-state index is -0.711. The Balaban J connectivity index is 1.83. The smallest absolute Gasteiger partial charge is 0.273 e. The molecular formula is C16H20ClN7O. The van der Waals surface area contributed by atoms with Gasteiger partial charge in [-0.15, -0.1) is 10.2 Å². The van der Waals surface area contributed by atoms with Crippen molar-refractivity contribution in [3.05, 3.63) is 35.0 Å². The predicted octanol–water partition coefficient (Wildman–Crippen LogP) is 2.05. The van der Waals surface area contributed by atoms with Gasteiger partial charge in [0.25, 0.3) is 5.91 Å². The van der Waals surface area contributed by atoms with Crippen molar-refractivity contribution in [3.63, 3.8) is 0 Å². The first kappa shape index (κ1) is 17.4. The average Bonchev–Trinajstić information content (AvgIpc) is 2.59. The van der Waals surface area contributed by atoms with Crippen LogP contribution in [-0.2, 0) is 0 Å². The third-order valence-corrected chi connectivity index (χ3v) is 4.41. The van der Waals surface area contributed by atoms with Gasteiger partial charge < -0.3 is 22.1 Å². The van der Waals surface area contributed by atoms with E-state index in [0.717, 1.165) is 25.7 Å². The van der Waals surface area contributed by atoms with Crippen LogP contribution in [0.2, 0.25) is 5.02 Å². The number of nitrogens with one attached hydrogen (secondary N) is 2. The third-order valence-electron chi connectivity index (χ3n) is 4.16. The Labute approximate surface area is 150 Å². The van der Waals surface area contributed by atoms with Crippen LogP contribution in [0.15, 0.2) is 24.3 Å². The number of anilines is 3. The highest BCUT2D eigenvalue weighted by Gasteiger charge is 2.23. The molecule has 8 nitrogen and oxygen atoms in total. The van der Waals surface area contributed by atoms with Gasteiger partial charge in [-0.3, -0.25) is 4.79 Å². The quantitative estimate of drug-likeness (QED) is 0.640. The Morgan fingerprint density at radius 1 is 1.16 bits per heavy atom. The highest BCUT2D eigenvalue weighted by molar-refractivity contribution is 6.30. The summed E-state index contributed by atoms with van der Waals surface area (Å²) in [4.78, 5) is 16.0. The molecule has 0 saturated heterocycles. The van der Waals surface area contributed by atoms with E-state index in [1.54, 1.807) is 24.3 Å². The second kappa shape index (κ2) is 7.62. The molecule has 0 spiro atoms. The highest BCUT2D eigenvalue weighted by atomic mass is 35.5. The number of rotatable bonds is 5. The van der Waals surface area contributed by atoms with Gasteiger partial charge in [0.15, 0.2) is 11.5 Å². The van der Waals surface area contributed by atoms with Crippen LogP contribution in [0, 0.1) is 0 Å². The van der Waals surface area contributed by atoms with E-state index in [2.05, 4.69) is 25.8 Å². The number of carbonyl (C=O) groups excluding carboxylic acids is 1. The Morgan fingerprint density at radius 3 is 2.56 bits per heavy atom. The number of hydrogen-bond donors (Lipinski definition) is 4. The van der Waals surface area contributed by atoms with E-state index in [9.17, 15) is 4.79 Å². The van der Waals surface area contributed by atoms with Crippen molar-refractivity contribution in [1.82, 2.24) is 15.2 Å². The third kappa shape index (κ3) is 4.34. The van der Waals surface area contributed by atoms with Crippen LogP contribution in [0.5, 0.6) is 0 Å². The van der Waals surface area contributed by atoms with E-state index in [4.69, 9.17) is 23.1 Å². The maximum atomic E-state index is 11.6. The average molecular weight is 362 g/mol. The van der Waals surface area contributed by atoms with Crippen LogP contribution in [-0.4, -0.2) is 33.2 Å². The Kier molecular flexibility index (Phi) is 5.30. The summed E-state index contributed by atoms with van der Waals surface area (Å²) in [7, 11) is 0. The fourth-order valence-electron chi connectivity index (χ4n) is 2.81. The molecule has 1 heterocycles. The summed E-state index contributed by atoms with van der Waals surface area (Å²) in [6.07, 6.45) is 4.14. The fraction of sp³-hybridized carbons (Fsp3) is 0.375. The molecule has 0 radical (unpaired) electrons. The molecule has 2 atom stereocenters. The first-order valence-electron chi connectivity index (χ1n) is 8.12. The number of primary amides is 1. The molecule has 132 valence electrons. The summed E-state index contributed by atoms with van der Waals surface area (Å²) >= 11 is 5.88. The normalized spacial score (nSPS) is 20.1. The Bertz CT molecular complexity index is 753. The van der Waals surface area contributed by atoms with Gasteiger partial charge in [0.2, 0.25) is 5.95 Å². The maximum absolute atomic E-state index is 11.6. The van der Waals surface area contributed by atoms with Crippen molar-refractivity contribution in [2.24, 2.45) is 11.5 Å². The lowest BCUT2D eigenvalue weighted by Crippen LogP contribution is -2.43. The van der Waals surface area contributed by atoms with Crippen molar-refractivity contribution in [2.75, 3.05) is 10.6 Å². The second-order valence-corrected chi connectivity index (χ2v) is 6.46. The van der Waals surface area contributed by atoms with Gasteiger partial charge in [-0.25, -0.2) is 0 Å². The van der Waals surface area contributed by atoms with Gasteiger partial charge in [-0.2, -0.15) is 4.98 Å². The molecule has 1 aliphatic carbocycles. The number of carbonyl (C=O) groups is 1. The van der Waals surface area contributed by atoms with Crippen LogP contribution in [0.3, 0.4) is 0 Å². The molecule has 2 aromatic rings. The number of amides is 1. The molecule has 3 rings (SSSR count). The number of nitrogens with zero attached hydrogens (tertiary/aromatic N) is 3. The summed E-state index contributed by atoms with van der Waals surface area (Å²) < 4.78 is 0. The van der Waals surface area contributed by atoms with E-state index in [1.165, 1.54) is 0 Å². The second-order valence-electron chi connectivity index (χ2n) is 6.03. The van der Waals surface area contributed by atoms with Crippen molar-refractivity contribution in [3.8, 4) is 0 Å². The molecule has 6 N–H and O–H groups in total. The fourth-order valence-corrected chi connectivity index (χ4v) is 2.94. The lowest BCUT2D eigenvalue weighted by molar-refractivity contribution is 0.0995. The van der Waals surface area contributed by atoms with Gasteiger partial charge in [0.05, 0.1) is 0 Å². The van der Waals surface area contributed by atoms with Gasteiger partial charge >= 0.3 is 0 Å². The number of benzene rings is 1. The summed E-state index contributed by atoms with van der Waals surface area (Å²) in [5.74, 6) is -0.169. The number of halogens is 1. The predicted molar refractivity (Wildman–Crippen MR) is 96.9 cm³/mol. The first-order valence-corrected chi connectivity index (χ1v) is 8.50. The topological polar surface area (TPSA) is 132 Å². The lowest BCUT2D eigenvalue weighted by atomic mass is 9.91. The maximum Gasteiger partial charge on any atom is 0.273 e. The minimum Gasteiger partial charge on any atom is -0.364 e. The number of nitrogens with two attached hydrogens (primary N) is 2. The van der Waals surface area contributed by atoms with Gasteiger partial charge in [0, 0.05) is 22.8 Å². The largest absolute Gasteiger partial charge is 0.364 e. The zero-order valence-electron chi connectivity index (χ0n) is 13.6. The lowest BCUT2D eigenvalue weighted by Gasteiger charge is -2.29. The van der Waals surface area contributed by atoms with E-state index in [-0.39, 0.29) is 23.6 Å². The van der Waals surface area contributed by atoms with Crippen LogP contribution >= 0.6 is 11.6 Å². The Hall–Kier alpha value is -2.45. The summed E-state index contributed by atoms with van der Waals surface area (Å²) in [6, 6.07) is 7.10. The zero-order valence-corrected chi connectivity index (χ0v) is 14.3. The molecule has 1 amide bonds. The van der Waals surface area contributed by atoms with E-state index >= 15 is 0 Å². The SMILES string of the molecule is NC(=O)c1nnc(N[C@@H]2CCCC[C@@H]2N)nc1Nc1ccc(Cl)cc1. The molecule has 0 bridgehead atoms. The summed E-state index contributed by atoms with van der Waals surface area (Å²) in [6.45, 7) is 0. The number of hydrogen-bond acceptors (Lipinski definition) is 7. The molecule has 0 aliphatic heterocycles. The van der Waals surface area contributed by atoms with Gasteiger partial charge in [-0.1, -0.05) is 24.4 Å². The molecule has 25 heavy (non-hydrogen) atoms. The van der Waals surface area contributed by atoms with Gasteiger partial charge in [-0.05, 0) is 37.1 Å². The van der Waals surface area contributed by atoms with E-state index < -0.39 is 5.91 Å². The molecular weight excluding hydrogens is 342 g/mol. The monoisotopic (exact) mass is 361 g/mol. The molecule has 9 heteroatoms.